The molecule has 0 spiro atoms. The maximum absolute atomic E-state index is 13.6. The van der Waals surface area contributed by atoms with E-state index in [0.29, 0.717) is 4.90 Å². The molecule has 0 bridgehead atoms. The Morgan fingerprint density at radius 2 is 1.90 bits per heavy atom. The predicted molar refractivity (Wildman–Crippen MR) is 73.6 cm³/mol. The quantitative estimate of drug-likeness (QED) is 0.482. The molecule has 0 saturated carbocycles. The van der Waals surface area contributed by atoms with Crippen molar-refractivity contribution in [1.29, 1.82) is 0 Å². The second-order valence-corrected chi connectivity index (χ2v) is 5.28. The highest BCUT2D eigenvalue weighted by molar-refractivity contribution is 7.99. The molecule has 0 aromatic heterocycles. The van der Waals surface area contributed by atoms with Crippen LogP contribution in [0.4, 0.5) is 14.5 Å². The highest BCUT2D eigenvalue weighted by atomic mass is 32.2. The highest BCUT2D eigenvalue weighted by Gasteiger charge is 2.18. The number of rotatable bonds is 4. The summed E-state index contributed by atoms with van der Waals surface area (Å²) < 4.78 is 26.4. The fraction of sp³-hybridized carbons (Fsp3) is 0.0714. The molecule has 0 radical (unpaired) electrons. The van der Waals surface area contributed by atoms with Crippen LogP contribution in [-0.4, -0.2) is 10.7 Å². The SMILES string of the molecule is CC(=O)c1cc(Sc2ccc(F)cc2F)ccc1[N+](=O)[O-]. The number of hydrogen-bond donors (Lipinski definition) is 0. The smallest absolute Gasteiger partial charge is 0.280 e. The molecule has 7 heteroatoms. The number of carbonyl (C=O) groups is 1. The van der Waals surface area contributed by atoms with Crippen LogP contribution in [0.15, 0.2) is 46.2 Å². The fourth-order valence-corrected chi connectivity index (χ4v) is 2.56. The highest BCUT2D eigenvalue weighted by Crippen LogP contribution is 2.33. The first-order valence-corrected chi connectivity index (χ1v) is 6.62. The predicted octanol–water partition coefficient (Wildman–Crippen LogP) is 4.23. The van der Waals surface area contributed by atoms with Crippen molar-refractivity contribution in [2.75, 3.05) is 0 Å². The van der Waals surface area contributed by atoms with Gasteiger partial charge in [-0.05, 0) is 31.2 Å². The van der Waals surface area contributed by atoms with E-state index in [1.807, 2.05) is 0 Å². The first-order chi connectivity index (χ1) is 9.88. The Kier molecular flexibility index (Phi) is 4.32. The number of carbonyl (C=O) groups excluding carboxylic acids is 1. The van der Waals surface area contributed by atoms with Gasteiger partial charge in [0.15, 0.2) is 5.78 Å². The zero-order chi connectivity index (χ0) is 15.6. The minimum Gasteiger partial charge on any atom is -0.294 e. The van der Waals surface area contributed by atoms with Crippen LogP contribution < -0.4 is 0 Å². The number of halogens is 2. The lowest BCUT2D eigenvalue weighted by atomic mass is 10.1. The molecule has 4 nitrogen and oxygen atoms in total. The van der Waals surface area contributed by atoms with Gasteiger partial charge in [0.25, 0.3) is 5.69 Å². The third kappa shape index (κ3) is 3.43. The van der Waals surface area contributed by atoms with Crippen LogP contribution >= 0.6 is 11.8 Å². The van der Waals surface area contributed by atoms with Gasteiger partial charge >= 0.3 is 0 Å². The number of nitro groups is 1. The summed E-state index contributed by atoms with van der Waals surface area (Å²) in [6.45, 7) is 1.22. The normalized spacial score (nSPS) is 10.4. The van der Waals surface area contributed by atoms with Gasteiger partial charge in [-0.2, -0.15) is 0 Å². The van der Waals surface area contributed by atoms with E-state index in [2.05, 4.69) is 0 Å². The third-order valence-electron chi connectivity index (χ3n) is 2.67. The first-order valence-electron chi connectivity index (χ1n) is 5.81. The summed E-state index contributed by atoms with van der Waals surface area (Å²) in [5.74, 6) is -1.88. The summed E-state index contributed by atoms with van der Waals surface area (Å²) in [5.41, 5.74) is -0.348. The van der Waals surface area contributed by atoms with Gasteiger partial charge in [-0.3, -0.25) is 14.9 Å². The number of ketones is 1. The Morgan fingerprint density at radius 1 is 1.19 bits per heavy atom. The van der Waals surface area contributed by atoms with E-state index in [-0.39, 0.29) is 16.1 Å². The molecule has 0 unspecified atom stereocenters. The number of nitrogens with zero attached hydrogens (tertiary/aromatic N) is 1. The fourth-order valence-electron chi connectivity index (χ4n) is 1.70. The van der Waals surface area contributed by atoms with Crippen molar-refractivity contribution >= 4 is 23.2 Å². The molecular formula is C14H9F2NO3S. The van der Waals surface area contributed by atoms with Gasteiger partial charge in [0, 0.05) is 21.9 Å². The zero-order valence-corrected chi connectivity index (χ0v) is 11.6. The van der Waals surface area contributed by atoms with Crippen LogP contribution in [0.3, 0.4) is 0 Å². The second-order valence-electron chi connectivity index (χ2n) is 4.17. The Hall–Kier alpha value is -2.28. The lowest BCUT2D eigenvalue weighted by Gasteiger charge is -2.05. The van der Waals surface area contributed by atoms with Crippen molar-refractivity contribution < 1.29 is 18.5 Å². The molecular weight excluding hydrogens is 300 g/mol. The summed E-state index contributed by atoms with van der Waals surface area (Å²) in [7, 11) is 0. The van der Waals surface area contributed by atoms with E-state index in [9.17, 15) is 23.7 Å². The number of Topliss-reactive ketones (excluding diaryl/α,β-unsaturated/α-hetero) is 1. The second kappa shape index (κ2) is 6.01. The average Bonchev–Trinajstić information content (AvgIpc) is 2.41. The van der Waals surface area contributed by atoms with E-state index in [1.54, 1.807) is 0 Å². The Balaban J connectivity index is 2.39. The lowest BCUT2D eigenvalue weighted by molar-refractivity contribution is -0.385. The number of hydrogen-bond acceptors (Lipinski definition) is 4. The molecule has 2 rings (SSSR count). The largest absolute Gasteiger partial charge is 0.294 e. The molecule has 0 amide bonds. The number of nitro benzene ring substituents is 1. The summed E-state index contributed by atoms with van der Waals surface area (Å²) in [5, 5.41) is 10.8. The van der Waals surface area contributed by atoms with Crippen LogP contribution in [0.25, 0.3) is 0 Å². The molecule has 0 aliphatic heterocycles. The van der Waals surface area contributed by atoms with Crippen molar-refractivity contribution in [2.24, 2.45) is 0 Å². The van der Waals surface area contributed by atoms with Gasteiger partial charge in [-0.15, -0.1) is 0 Å². The lowest BCUT2D eigenvalue weighted by Crippen LogP contribution is -2.00. The van der Waals surface area contributed by atoms with Crippen LogP contribution in [0.5, 0.6) is 0 Å². The van der Waals surface area contributed by atoms with Crippen LogP contribution in [-0.2, 0) is 0 Å². The van der Waals surface area contributed by atoms with E-state index >= 15 is 0 Å². The topological polar surface area (TPSA) is 60.2 Å². The first kappa shape index (κ1) is 15.1. The zero-order valence-electron chi connectivity index (χ0n) is 10.8. The summed E-state index contributed by atoms with van der Waals surface area (Å²) in [4.78, 5) is 22.3. The van der Waals surface area contributed by atoms with E-state index in [1.165, 1.54) is 31.2 Å². The molecule has 0 saturated heterocycles. The Bertz CT molecular complexity index is 734. The maximum Gasteiger partial charge on any atom is 0.280 e. The summed E-state index contributed by atoms with van der Waals surface area (Å²) in [6.07, 6.45) is 0. The average molecular weight is 309 g/mol. The molecule has 0 atom stereocenters. The molecule has 0 fully saturated rings. The Labute approximate surface area is 122 Å². The van der Waals surface area contributed by atoms with Crippen molar-refractivity contribution in [3.8, 4) is 0 Å². The van der Waals surface area contributed by atoms with Crippen molar-refractivity contribution in [1.82, 2.24) is 0 Å². The van der Waals surface area contributed by atoms with Gasteiger partial charge in [0.2, 0.25) is 0 Å². The summed E-state index contributed by atoms with van der Waals surface area (Å²) in [6, 6.07) is 7.07. The van der Waals surface area contributed by atoms with Gasteiger partial charge in [-0.1, -0.05) is 11.8 Å². The van der Waals surface area contributed by atoms with Gasteiger partial charge < -0.3 is 0 Å². The van der Waals surface area contributed by atoms with Crippen LogP contribution in [0.2, 0.25) is 0 Å². The van der Waals surface area contributed by atoms with E-state index in [4.69, 9.17) is 0 Å². The number of benzene rings is 2. The Morgan fingerprint density at radius 3 is 2.48 bits per heavy atom. The van der Waals surface area contributed by atoms with Gasteiger partial charge in [0.1, 0.15) is 11.6 Å². The minimum absolute atomic E-state index is 0.0486. The van der Waals surface area contributed by atoms with Crippen molar-refractivity contribution in [2.45, 2.75) is 16.7 Å². The third-order valence-corrected chi connectivity index (χ3v) is 3.71. The maximum atomic E-state index is 13.6. The molecule has 2 aromatic rings. The molecule has 0 aliphatic carbocycles. The summed E-state index contributed by atoms with van der Waals surface area (Å²) >= 11 is 0.958. The molecule has 0 N–H and O–H groups in total. The molecule has 0 aliphatic rings. The van der Waals surface area contributed by atoms with Gasteiger partial charge in [-0.25, -0.2) is 8.78 Å². The van der Waals surface area contributed by atoms with Gasteiger partial charge in [0.05, 0.1) is 10.5 Å². The van der Waals surface area contributed by atoms with E-state index in [0.717, 1.165) is 23.9 Å². The van der Waals surface area contributed by atoms with Crippen molar-refractivity contribution in [3.63, 3.8) is 0 Å². The van der Waals surface area contributed by atoms with E-state index < -0.39 is 22.3 Å². The van der Waals surface area contributed by atoms with Crippen molar-refractivity contribution in [3.05, 3.63) is 63.7 Å². The molecule has 0 heterocycles. The molecule has 21 heavy (non-hydrogen) atoms. The minimum atomic E-state index is -0.734. The van der Waals surface area contributed by atoms with Crippen LogP contribution in [0.1, 0.15) is 17.3 Å². The standard InChI is InChI=1S/C14H9F2NO3S/c1-8(18)11-7-10(3-4-13(11)17(19)20)21-14-5-2-9(15)6-12(14)16/h2-7H,1H3. The van der Waals surface area contributed by atoms with Crippen LogP contribution in [0, 0.1) is 21.7 Å². The molecule has 2 aromatic carbocycles. The molecule has 108 valence electrons. The monoisotopic (exact) mass is 309 g/mol.